The molecular formula is C29H33O2P. The van der Waals surface area contributed by atoms with Gasteiger partial charge in [0.15, 0.2) is 8.69 Å². The monoisotopic (exact) mass is 444 g/mol. The van der Waals surface area contributed by atoms with Crippen LogP contribution in [0.2, 0.25) is 0 Å². The number of hydrogen-bond donors (Lipinski definition) is 1. The summed E-state index contributed by atoms with van der Waals surface area (Å²) in [4.78, 5) is 7.10. The molecule has 0 saturated carbocycles. The zero-order valence-corrected chi connectivity index (χ0v) is 20.6. The lowest BCUT2D eigenvalue weighted by Gasteiger charge is -2.16. The van der Waals surface area contributed by atoms with Gasteiger partial charge in [0.2, 0.25) is 0 Å². The summed E-state index contributed by atoms with van der Waals surface area (Å²) in [7, 11) is -1.50. The van der Waals surface area contributed by atoms with Crippen LogP contribution >= 0.6 is 8.69 Å². The Labute approximate surface area is 193 Å². The summed E-state index contributed by atoms with van der Waals surface area (Å²) in [5.74, 6) is 0.513. The Hall–Kier alpha value is -2.67. The van der Waals surface area contributed by atoms with E-state index in [1.165, 1.54) is 50.1 Å². The lowest BCUT2D eigenvalue weighted by molar-refractivity contribution is 0.524. The molecule has 1 unspecified atom stereocenters. The van der Waals surface area contributed by atoms with Crippen molar-refractivity contribution in [1.82, 2.24) is 0 Å². The van der Waals surface area contributed by atoms with Gasteiger partial charge in [-0.15, -0.1) is 0 Å². The fraction of sp³-hybridized carbons (Fsp3) is 0.241. The summed E-state index contributed by atoms with van der Waals surface area (Å²) in [5.41, 5.74) is 12.3. The Morgan fingerprint density at radius 2 is 1.41 bits per heavy atom. The highest BCUT2D eigenvalue weighted by Crippen LogP contribution is 2.41. The first-order valence-corrected chi connectivity index (χ1v) is 12.3. The van der Waals surface area contributed by atoms with E-state index in [4.69, 9.17) is 9.46 Å². The Kier molecular flexibility index (Phi) is 8.45. The van der Waals surface area contributed by atoms with Crippen molar-refractivity contribution in [2.45, 2.75) is 46.5 Å². The normalized spacial score (nSPS) is 11.2. The van der Waals surface area contributed by atoms with Crippen molar-refractivity contribution in [2.75, 3.05) is 0 Å². The zero-order valence-electron chi connectivity index (χ0n) is 19.4. The van der Waals surface area contributed by atoms with Crippen molar-refractivity contribution >= 4 is 8.69 Å². The summed E-state index contributed by atoms with van der Waals surface area (Å²) < 4.78 is 8.57. The Morgan fingerprint density at radius 1 is 0.781 bits per heavy atom. The molecule has 4 rings (SSSR count). The third-order valence-corrected chi connectivity index (χ3v) is 5.98. The maximum Gasteiger partial charge on any atom is 0.177 e. The minimum absolute atomic E-state index is 0.513. The molecule has 0 spiro atoms. The molecule has 2 aliphatic carbocycles. The SMILES string of the molecule is CCCc1c(-c2ccccc2)cccc1-c1ccc(C(C)C)cc2c(C)ccc1-2.O=[PH2]O. The molecule has 0 bridgehead atoms. The molecule has 3 heteroatoms. The third kappa shape index (κ3) is 5.21. The first-order chi connectivity index (χ1) is 15.5. The van der Waals surface area contributed by atoms with Crippen LogP contribution in [0.3, 0.4) is 0 Å². The second kappa shape index (κ2) is 11.3. The van der Waals surface area contributed by atoms with Gasteiger partial charge in [-0.05, 0) is 69.3 Å². The van der Waals surface area contributed by atoms with E-state index >= 15 is 0 Å². The van der Waals surface area contributed by atoms with E-state index in [-0.39, 0.29) is 0 Å². The second-order valence-electron chi connectivity index (χ2n) is 8.44. The van der Waals surface area contributed by atoms with E-state index in [9.17, 15) is 0 Å². The standard InChI is InChI=1S/C29H30.H3O2P/c1-5-10-25-24(22-11-7-6-8-12-22)13-9-14-26(25)27-18-16-23(20(2)3)19-29-21(4)15-17-28(27)29;1-3-2/h6-9,11-20H,5,10H2,1-4H3;3H2,(H,1,2). The summed E-state index contributed by atoms with van der Waals surface area (Å²) >= 11 is 0. The fourth-order valence-corrected chi connectivity index (χ4v) is 4.35. The Balaban J connectivity index is 0.000000913. The second-order valence-corrected chi connectivity index (χ2v) is 8.65. The van der Waals surface area contributed by atoms with E-state index in [0.29, 0.717) is 5.92 Å². The van der Waals surface area contributed by atoms with Gasteiger partial charge >= 0.3 is 0 Å². The van der Waals surface area contributed by atoms with Crippen molar-refractivity contribution in [3.8, 4) is 33.4 Å². The van der Waals surface area contributed by atoms with Crippen LogP contribution in [-0.2, 0) is 11.0 Å². The van der Waals surface area contributed by atoms with E-state index in [1.54, 1.807) is 0 Å². The summed E-state index contributed by atoms with van der Waals surface area (Å²) in [6, 6.07) is 29.2. The number of hydrogen-bond acceptors (Lipinski definition) is 1. The topological polar surface area (TPSA) is 37.3 Å². The average Bonchev–Trinajstić information content (AvgIpc) is 3.03. The molecule has 32 heavy (non-hydrogen) atoms. The molecule has 2 aliphatic rings. The Bertz CT molecular complexity index is 1150. The van der Waals surface area contributed by atoms with E-state index < -0.39 is 8.69 Å². The van der Waals surface area contributed by atoms with Gasteiger partial charge < -0.3 is 4.89 Å². The van der Waals surface area contributed by atoms with E-state index in [1.807, 2.05) is 0 Å². The minimum Gasteiger partial charge on any atom is -0.348 e. The van der Waals surface area contributed by atoms with Crippen LogP contribution in [0.25, 0.3) is 33.4 Å². The van der Waals surface area contributed by atoms with Gasteiger partial charge in [-0.25, -0.2) is 0 Å². The summed E-state index contributed by atoms with van der Waals surface area (Å²) in [6.07, 6.45) is 2.22. The molecule has 0 amide bonds. The first kappa shape index (κ1) is 24.0. The predicted octanol–water partition coefficient (Wildman–Crippen LogP) is 8.16. The molecule has 0 aromatic heterocycles. The molecule has 1 N–H and O–H groups in total. The number of benzene rings is 2. The quantitative estimate of drug-likeness (QED) is 0.315. The third-order valence-electron chi connectivity index (χ3n) is 5.98. The molecule has 2 aromatic carbocycles. The van der Waals surface area contributed by atoms with Gasteiger partial charge in [-0.3, -0.25) is 4.57 Å². The van der Waals surface area contributed by atoms with Crippen LogP contribution < -0.4 is 0 Å². The molecule has 1 atom stereocenters. The number of fused-ring (bicyclic) bond motifs is 1. The molecule has 0 heterocycles. The van der Waals surface area contributed by atoms with Gasteiger partial charge in [0.25, 0.3) is 0 Å². The van der Waals surface area contributed by atoms with Crippen LogP contribution in [0.5, 0.6) is 0 Å². The molecule has 0 fully saturated rings. The largest absolute Gasteiger partial charge is 0.348 e. The van der Waals surface area contributed by atoms with E-state index in [0.717, 1.165) is 12.8 Å². The predicted molar refractivity (Wildman–Crippen MR) is 139 cm³/mol. The van der Waals surface area contributed by atoms with Crippen LogP contribution in [0.15, 0.2) is 78.9 Å². The van der Waals surface area contributed by atoms with Crippen molar-refractivity contribution in [2.24, 2.45) is 0 Å². The van der Waals surface area contributed by atoms with Crippen LogP contribution in [0.1, 0.15) is 49.8 Å². The molecule has 2 aromatic rings. The molecule has 0 radical (unpaired) electrons. The summed E-state index contributed by atoms with van der Waals surface area (Å²) in [6.45, 7) is 9.05. The highest BCUT2D eigenvalue weighted by atomic mass is 31.1. The Morgan fingerprint density at radius 3 is 2.06 bits per heavy atom. The van der Waals surface area contributed by atoms with Crippen molar-refractivity contribution < 1.29 is 9.46 Å². The first-order valence-electron chi connectivity index (χ1n) is 11.3. The molecule has 0 aliphatic heterocycles. The van der Waals surface area contributed by atoms with Gasteiger partial charge in [-0.2, -0.15) is 0 Å². The molecular weight excluding hydrogens is 411 g/mol. The van der Waals surface area contributed by atoms with Gasteiger partial charge in [0.05, 0.1) is 0 Å². The number of rotatable bonds is 5. The van der Waals surface area contributed by atoms with Crippen molar-refractivity contribution in [3.05, 3.63) is 95.6 Å². The summed E-state index contributed by atoms with van der Waals surface area (Å²) in [5, 5.41) is 0. The maximum atomic E-state index is 8.57. The highest BCUT2D eigenvalue weighted by molar-refractivity contribution is 7.16. The minimum atomic E-state index is -1.50. The van der Waals surface area contributed by atoms with Crippen molar-refractivity contribution in [1.29, 1.82) is 0 Å². The van der Waals surface area contributed by atoms with Crippen LogP contribution in [0.4, 0.5) is 0 Å². The maximum absolute atomic E-state index is 8.57. The van der Waals surface area contributed by atoms with Gasteiger partial charge in [0, 0.05) is 0 Å². The molecule has 0 saturated heterocycles. The van der Waals surface area contributed by atoms with Crippen molar-refractivity contribution in [3.63, 3.8) is 0 Å². The highest BCUT2D eigenvalue weighted by Gasteiger charge is 2.17. The fourth-order valence-electron chi connectivity index (χ4n) is 4.35. The van der Waals surface area contributed by atoms with Crippen LogP contribution in [-0.4, -0.2) is 4.89 Å². The lowest BCUT2D eigenvalue weighted by Crippen LogP contribution is -1.95. The zero-order chi connectivity index (χ0) is 23.1. The molecule has 166 valence electrons. The van der Waals surface area contributed by atoms with Crippen LogP contribution in [0, 0.1) is 6.92 Å². The lowest BCUT2D eigenvalue weighted by atomic mass is 9.88. The molecule has 2 nitrogen and oxygen atoms in total. The van der Waals surface area contributed by atoms with Gasteiger partial charge in [0.1, 0.15) is 0 Å². The number of aryl methyl sites for hydroxylation is 1. The van der Waals surface area contributed by atoms with Gasteiger partial charge in [-0.1, -0.05) is 106 Å². The smallest absolute Gasteiger partial charge is 0.177 e. The van der Waals surface area contributed by atoms with E-state index in [2.05, 4.69) is 107 Å². The average molecular weight is 445 g/mol.